The number of hydrogen-bond donors (Lipinski definition) is 2. The van der Waals surface area contributed by atoms with Gasteiger partial charge in [-0.2, -0.15) is 0 Å². The fourth-order valence-electron chi connectivity index (χ4n) is 1.48. The van der Waals surface area contributed by atoms with Crippen molar-refractivity contribution in [1.29, 1.82) is 0 Å². The Morgan fingerprint density at radius 1 is 1.42 bits per heavy atom. The van der Waals surface area contributed by atoms with Gasteiger partial charge in [0.1, 0.15) is 5.75 Å². The molecule has 1 aromatic carbocycles. The zero-order chi connectivity index (χ0) is 14.3. The van der Waals surface area contributed by atoms with Crippen LogP contribution >= 0.6 is 15.9 Å². The molecular formula is C14H20BrNO3. The van der Waals surface area contributed by atoms with Crippen molar-refractivity contribution in [2.45, 2.75) is 38.9 Å². The van der Waals surface area contributed by atoms with Crippen molar-refractivity contribution in [2.24, 2.45) is 0 Å². The molecule has 19 heavy (non-hydrogen) atoms. The summed E-state index contributed by atoms with van der Waals surface area (Å²) in [6.45, 7) is 4.07. The highest BCUT2D eigenvalue weighted by Gasteiger charge is 2.14. The number of aliphatic hydroxyl groups excluding tert-OH is 1. The summed E-state index contributed by atoms with van der Waals surface area (Å²) < 4.78 is 6.48. The van der Waals surface area contributed by atoms with Gasteiger partial charge in [0.15, 0.2) is 6.10 Å². The Morgan fingerprint density at radius 3 is 2.63 bits per heavy atom. The van der Waals surface area contributed by atoms with Gasteiger partial charge in [0, 0.05) is 11.0 Å². The summed E-state index contributed by atoms with van der Waals surface area (Å²) in [7, 11) is 0. The smallest absolute Gasteiger partial charge is 0.260 e. The van der Waals surface area contributed by atoms with Gasteiger partial charge in [0.05, 0.1) is 6.10 Å². The van der Waals surface area contributed by atoms with Crippen molar-refractivity contribution in [3.05, 3.63) is 28.7 Å². The van der Waals surface area contributed by atoms with E-state index in [9.17, 15) is 9.90 Å². The average Bonchev–Trinajstić information content (AvgIpc) is 2.40. The molecule has 1 rings (SSSR count). The molecule has 0 saturated carbocycles. The molecule has 0 aliphatic heterocycles. The maximum Gasteiger partial charge on any atom is 0.260 e. The van der Waals surface area contributed by atoms with Crippen LogP contribution in [0.15, 0.2) is 28.7 Å². The van der Waals surface area contributed by atoms with Crippen LogP contribution < -0.4 is 10.1 Å². The molecule has 1 aromatic rings. The number of rotatable bonds is 7. The molecule has 0 fully saturated rings. The molecule has 106 valence electrons. The molecule has 4 nitrogen and oxygen atoms in total. The minimum absolute atomic E-state index is 0.175. The van der Waals surface area contributed by atoms with E-state index < -0.39 is 6.10 Å². The Hall–Kier alpha value is -1.07. The first kappa shape index (κ1) is 16.0. The van der Waals surface area contributed by atoms with Crippen molar-refractivity contribution in [1.82, 2.24) is 5.32 Å². The monoisotopic (exact) mass is 329 g/mol. The normalized spacial score (nSPS) is 13.7. The largest absolute Gasteiger partial charge is 0.481 e. The molecule has 0 saturated heterocycles. The number of nitrogens with one attached hydrogen (secondary N) is 1. The van der Waals surface area contributed by atoms with Gasteiger partial charge in [-0.25, -0.2) is 0 Å². The minimum atomic E-state index is -0.556. The van der Waals surface area contributed by atoms with Crippen LogP contribution in [0.4, 0.5) is 0 Å². The maximum absolute atomic E-state index is 11.8. The molecule has 0 radical (unpaired) electrons. The van der Waals surface area contributed by atoms with E-state index in [1.165, 1.54) is 0 Å². The number of benzene rings is 1. The number of aliphatic hydroxyl groups is 1. The van der Waals surface area contributed by atoms with Gasteiger partial charge in [-0.1, -0.05) is 22.9 Å². The molecule has 2 unspecified atom stereocenters. The highest BCUT2D eigenvalue weighted by Crippen LogP contribution is 2.17. The van der Waals surface area contributed by atoms with Crippen LogP contribution in [0, 0.1) is 0 Å². The van der Waals surface area contributed by atoms with E-state index in [4.69, 9.17) is 4.74 Å². The Kier molecular flexibility index (Phi) is 6.87. The predicted molar refractivity (Wildman–Crippen MR) is 78.2 cm³/mol. The van der Waals surface area contributed by atoms with Gasteiger partial charge in [-0.05, 0) is 44.0 Å². The number of amides is 1. The predicted octanol–water partition coefficient (Wildman–Crippen LogP) is 2.49. The summed E-state index contributed by atoms with van der Waals surface area (Å²) in [5.74, 6) is 0.477. The molecule has 2 N–H and O–H groups in total. The molecule has 0 heterocycles. The Bertz CT molecular complexity index is 394. The number of carbonyl (C=O) groups excluding carboxylic acids is 1. The third-order valence-corrected chi connectivity index (χ3v) is 3.27. The summed E-state index contributed by atoms with van der Waals surface area (Å²) in [4.78, 5) is 11.8. The number of carbonyl (C=O) groups is 1. The maximum atomic E-state index is 11.8. The topological polar surface area (TPSA) is 58.6 Å². The van der Waals surface area contributed by atoms with Gasteiger partial charge in [0.25, 0.3) is 5.91 Å². The van der Waals surface area contributed by atoms with Crippen LogP contribution in [-0.4, -0.2) is 29.8 Å². The van der Waals surface area contributed by atoms with Crippen molar-refractivity contribution in [2.75, 3.05) is 6.54 Å². The molecule has 0 aliphatic carbocycles. The van der Waals surface area contributed by atoms with Gasteiger partial charge < -0.3 is 15.2 Å². The summed E-state index contributed by atoms with van der Waals surface area (Å²) in [5.41, 5.74) is 0. The van der Waals surface area contributed by atoms with Crippen LogP contribution in [0.1, 0.15) is 26.7 Å². The second kappa shape index (κ2) is 8.17. The van der Waals surface area contributed by atoms with E-state index in [0.29, 0.717) is 25.1 Å². The Morgan fingerprint density at radius 2 is 2.05 bits per heavy atom. The lowest BCUT2D eigenvalue weighted by molar-refractivity contribution is -0.127. The van der Waals surface area contributed by atoms with E-state index in [0.717, 1.165) is 4.47 Å². The fraction of sp³-hybridized carbons (Fsp3) is 0.500. The van der Waals surface area contributed by atoms with E-state index in [2.05, 4.69) is 21.2 Å². The third-order valence-electron chi connectivity index (χ3n) is 2.74. The molecule has 0 spiro atoms. The van der Waals surface area contributed by atoms with E-state index >= 15 is 0 Å². The quantitative estimate of drug-likeness (QED) is 0.808. The lowest BCUT2D eigenvalue weighted by Crippen LogP contribution is -2.37. The van der Waals surface area contributed by atoms with Gasteiger partial charge >= 0.3 is 0 Å². The van der Waals surface area contributed by atoms with Crippen LogP contribution in [0.5, 0.6) is 5.75 Å². The van der Waals surface area contributed by atoms with Crippen molar-refractivity contribution >= 4 is 21.8 Å². The SMILES string of the molecule is CCC(O)CCNC(=O)C(C)Oc1ccc(Br)cc1. The lowest BCUT2D eigenvalue weighted by Gasteiger charge is -2.15. The highest BCUT2D eigenvalue weighted by atomic mass is 79.9. The summed E-state index contributed by atoms with van der Waals surface area (Å²) in [6, 6.07) is 7.32. The van der Waals surface area contributed by atoms with Crippen LogP contribution in [0.2, 0.25) is 0 Å². The minimum Gasteiger partial charge on any atom is -0.481 e. The first-order valence-corrected chi connectivity index (χ1v) is 7.20. The summed E-state index contributed by atoms with van der Waals surface area (Å²) in [6.07, 6.45) is 0.344. The van der Waals surface area contributed by atoms with Crippen LogP contribution in [-0.2, 0) is 4.79 Å². The molecular weight excluding hydrogens is 310 g/mol. The van der Waals surface area contributed by atoms with Crippen LogP contribution in [0.25, 0.3) is 0 Å². The van der Waals surface area contributed by atoms with Crippen molar-refractivity contribution < 1.29 is 14.6 Å². The van der Waals surface area contributed by atoms with E-state index in [1.807, 2.05) is 19.1 Å². The average molecular weight is 330 g/mol. The molecule has 1 amide bonds. The third kappa shape index (κ3) is 6.07. The van der Waals surface area contributed by atoms with Crippen LogP contribution in [0.3, 0.4) is 0 Å². The molecule has 0 aliphatic rings. The molecule has 2 atom stereocenters. The fourth-order valence-corrected chi connectivity index (χ4v) is 1.74. The van der Waals surface area contributed by atoms with E-state index in [1.54, 1.807) is 19.1 Å². The highest BCUT2D eigenvalue weighted by molar-refractivity contribution is 9.10. The zero-order valence-corrected chi connectivity index (χ0v) is 12.8. The second-order valence-electron chi connectivity index (χ2n) is 4.36. The Labute approximate surface area is 122 Å². The second-order valence-corrected chi connectivity index (χ2v) is 5.27. The first-order valence-electron chi connectivity index (χ1n) is 6.41. The van der Waals surface area contributed by atoms with Crippen molar-refractivity contribution in [3.8, 4) is 5.75 Å². The molecule has 5 heteroatoms. The summed E-state index contributed by atoms with van der Waals surface area (Å²) >= 11 is 3.34. The van der Waals surface area contributed by atoms with Gasteiger partial charge in [-0.15, -0.1) is 0 Å². The molecule has 0 aromatic heterocycles. The van der Waals surface area contributed by atoms with Gasteiger partial charge in [0.2, 0.25) is 0 Å². The number of halogens is 1. The van der Waals surface area contributed by atoms with Crippen molar-refractivity contribution in [3.63, 3.8) is 0 Å². The number of ether oxygens (including phenoxy) is 1. The first-order chi connectivity index (χ1) is 9.02. The Balaban J connectivity index is 2.34. The lowest BCUT2D eigenvalue weighted by atomic mass is 10.2. The zero-order valence-electron chi connectivity index (χ0n) is 11.2. The summed E-state index contributed by atoms with van der Waals surface area (Å²) in [5, 5.41) is 12.1. The van der Waals surface area contributed by atoms with E-state index in [-0.39, 0.29) is 12.0 Å². The standard InChI is InChI=1S/C14H20BrNO3/c1-3-12(17)8-9-16-14(18)10(2)19-13-6-4-11(15)5-7-13/h4-7,10,12,17H,3,8-9H2,1-2H3,(H,16,18). The van der Waals surface area contributed by atoms with Gasteiger partial charge in [-0.3, -0.25) is 4.79 Å². The number of hydrogen-bond acceptors (Lipinski definition) is 3. The molecule has 0 bridgehead atoms.